The monoisotopic (exact) mass is 269 g/mol. The van der Waals surface area contributed by atoms with Crippen LogP contribution in [0.25, 0.3) is 0 Å². The van der Waals surface area contributed by atoms with Crippen molar-refractivity contribution >= 4 is 17.0 Å². The Morgan fingerprint density at radius 3 is 2.27 bits per heavy atom. The minimum Gasteiger partial charge on any atom is -0.303 e. The van der Waals surface area contributed by atoms with Gasteiger partial charge in [0.05, 0.1) is 0 Å². The van der Waals surface area contributed by atoms with Crippen LogP contribution in [0.4, 0.5) is 0 Å². The molecule has 0 saturated carbocycles. The molecule has 1 aliphatic heterocycles. The highest BCUT2D eigenvalue weighted by Gasteiger charge is 2.08. The molecule has 1 aromatic carbocycles. The molecule has 0 amide bonds. The molecule has 15 heavy (non-hydrogen) atoms. The van der Waals surface area contributed by atoms with Crippen molar-refractivity contribution in [2.45, 2.75) is 25.7 Å². The highest BCUT2D eigenvalue weighted by Crippen LogP contribution is 2.09. The standard InChI is InChI=1S/C13H19N.BrH/c1-3-7-13(8-4-1)9-12-14-10-5-2-6-11-14;/h1,3-4,7-8H,2,5-6,9-12H2;1H. The summed E-state index contributed by atoms with van der Waals surface area (Å²) in [6.45, 7) is 3.86. The van der Waals surface area contributed by atoms with E-state index in [1.807, 2.05) is 0 Å². The maximum atomic E-state index is 2.59. The van der Waals surface area contributed by atoms with E-state index in [2.05, 4.69) is 35.2 Å². The predicted octanol–water partition coefficient (Wildman–Crippen LogP) is 3.29. The van der Waals surface area contributed by atoms with E-state index in [9.17, 15) is 0 Å². The number of nitrogens with zero attached hydrogens (tertiary/aromatic N) is 1. The van der Waals surface area contributed by atoms with Gasteiger partial charge in [0.2, 0.25) is 0 Å². The minimum absolute atomic E-state index is 0. The second-order valence-electron chi connectivity index (χ2n) is 4.14. The lowest BCUT2D eigenvalue weighted by Crippen LogP contribution is -2.31. The first-order valence-electron chi connectivity index (χ1n) is 5.71. The van der Waals surface area contributed by atoms with Crippen LogP contribution in [0.3, 0.4) is 0 Å². The van der Waals surface area contributed by atoms with Crippen LogP contribution in [0.2, 0.25) is 0 Å². The number of benzene rings is 1. The van der Waals surface area contributed by atoms with E-state index in [4.69, 9.17) is 0 Å². The number of halogens is 1. The third-order valence-electron chi connectivity index (χ3n) is 3.01. The summed E-state index contributed by atoms with van der Waals surface area (Å²) in [5.41, 5.74) is 1.47. The van der Waals surface area contributed by atoms with Crippen molar-refractivity contribution in [3.8, 4) is 0 Å². The van der Waals surface area contributed by atoms with Crippen molar-refractivity contribution in [2.24, 2.45) is 0 Å². The first kappa shape index (κ1) is 12.7. The maximum absolute atomic E-state index is 2.59. The predicted molar refractivity (Wildman–Crippen MR) is 70.8 cm³/mol. The molecule has 1 aliphatic rings. The molecule has 0 N–H and O–H groups in total. The second-order valence-corrected chi connectivity index (χ2v) is 4.14. The van der Waals surface area contributed by atoms with E-state index in [0.29, 0.717) is 0 Å². The first-order valence-corrected chi connectivity index (χ1v) is 5.71. The van der Waals surface area contributed by atoms with Gasteiger partial charge in [-0.1, -0.05) is 36.8 Å². The van der Waals surface area contributed by atoms with Gasteiger partial charge in [-0.05, 0) is 37.9 Å². The fraction of sp³-hybridized carbons (Fsp3) is 0.538. The zero-order valence-electron chi connectivity index (χ0n) is 9.19. The van der Waals surface area contributed by atoms with E-state index < -0.39 is 0 Å². The van der Waals surface area contributed by atoms with Crippen LogP contribution in [0, 0.1) is 0 Å². The highest BCUT2D eigenvalue weighted by atomic mass is 79.9. The topological polar surface area (TPSA) is 3.24 Å². The molecule has 0 radical (unpaired) electrons. The van der Waals surface area contributed by atoms with Gasteiger partial charge >= 0.3 is 0 Å². The molecule has 2 heteroatoms. The summed E-state index contributed by atoms with van der Waals surface area (Å²) < 4.78 is 0. The second kappa shape index (κ2) is 7.02. The molecule has 1 fully saturated rings. The fourth-order valence-electron chi connectivity index (χ4n) is 2.11. The van der Waals surface area contributed by atoms with E-state index in [-0.39, 0.29) is 17.0 Å². The van der Waals surface area contributed by atoms with Crippen LogP contribution in [0.1, 0.15) is 24.8 Å². The summed E-state index contributed by atoms with van der Waals surface area (Å²) in [6, 6.07) is 10.8. The Morgan fingerprint density at radius 2 is 1.60 bits per heavy atom. The van der Waals surface area contributed by atoms with E-state index in [1.165, 1.54) is 50.9 Å². The van der Waals surface area contributed by atoms with Gasteiger partial charge in [0.25, 0.3) is 0 Å². The van der Waals surface area contributed by atoms with Gasteiger partial charge in [0.15, 0.2) is 0 Å². The summed E-state index contributed by atoms with van der Waals surface area (Å²) in [5.74, 6) is 0. The van der Waals surface area contributed by atoms with Crippen LogP contribution < -0.4 is 0 Å². The Hall–Kier alpha value is -0.340. The SMILES string of the molecule is Br.c1ccc(CCN2CCCCC2)cc1. The Labute approximate surface area is 103 Å². The largest absolute Gasteiger partial charge is 0.303 e. The number of rotatable bonds is 3. The van der Waals surface area contributed by atoms with Crippen molar-refractivity contribution in [3.63, 3.8) is 0 Å². The lowest BCUT2D eigenvalue weighted by atomic mass is 10.1. The zero-order chi connectivity index (χ0) is 9.64. The quantitative estimate of drug-likeness (QED) is 0.814. The van der Waals surface area contributed by atoms with E-state index in [0.717, 1.165) is 0 Å². The minimum atomic E-state index is 0. The molecule has 84 valence electrons. The van der Waals surface area contributed by atoms with Crippen LogP contribution in [0.15, 0.2) is 30.3 Å². The van der Waals surface area contributed by atoms with Gasteiger partial charge in [-0.15, -0.1) is 17.0 Å². The zero-order valence-corrected chi connectivity index (χ0v) is 10.9. The Bertz CT molecular complexity index is 254. The number of piperidine rings is 1. The van der Waals surface area contributed by atoms with Crippen LogP contribution in [-0.2, 0) is 6.42 Å². The van der Waals surface area contributed by atoms with Gasteiger partial charge in [-0.2, -0.15) is 0 Å². The van der Waals surface area contributed by atoms with Gasteiger partial charge in [0, 0.05) is 6.54 Å². The normalized spacial score (nSPS) is 17.1. The van der Waals surface area contributed by atoms with Gasteiger partial charge in [-0.25, -0.2) is 0 Å². The average Bonchev–Trinajstić information content (AvgIpc) is 2.29. The number of hydrogen-bond donors (Lipinski definition) is 0. The molecular formula is C13H20BrN. The van der Waals surface area contributed by atoms with Gasteiger partial charge in [0.1, 0.15) is 0 Å². The lowest BCUT2D eigenvalue weighted by molar-refractivity contribution is 0.231. The van der Waals surface area contributed by atoms with Gasteiger partial charge < -0.3 is 4.90 Å². The van der Waals surface area contributed by atoms with Crippen LogP contribution in [0.5, 0.6) is 0 Å². The van der Waals surface area contributed by atoms with Crippen molar-refractivity contribution in [1.29, 1.82) is 0 Å². The third kappa shape index (κ3) is 4.35. The highest BCUT2D eigenvalue weighted by molar-refractivity contribution is 8.93. The summed E-state index contributed by atoms with van der Waals surface area (Å²) in [6.07, 6.45) is 5.44. The van der Waals surface area contributed by atoms with E-state index >= 15 is 0 Å². The molecule has 0 bridgehead atoms. The maximum Gasteiger partial charge on any atom is 0.00218 e. The summed E-state index contributed by atoms with van der Waals surface area (Å²) in [5, 5.41) is 0. The molecule has 1 saturated heterocycles. The smallest absolute Gasteiger partial charge is 0.00218 e. The van der Waals surface area contributed by atoms with E-state index in [1.54, 1.807) is 0 Å². The molecule has 1 heterocycles. The summed E-state index contributed by atoms with van der Waals surface area (Å²) >= 11 is 0. The third-order valence-corrected chi connectivity index (χ3v) is 3.01. The molecule has 0 spiro atoms. The number of likely N-dealkylation sites (tertiary alicyclic amines) is 1. The lowest BCUT2D eigenvalue weighted by Gasteiger charge is -2.26. The summed E-state index contributed by atoms with van der Waals surface area (Å²) in [4.78, 5) is 2.59. The molecule has 0 aliphatic carbocycles. The molecule has 0 unspecified atom stereocenters. The van der Waals surface area contributed by atoms with Crippen molar-refractivity contribution in [2.75, 3.05) is 19.6 Å². The van der Waals surface area contributed by atoms with Crippen molar-refractivity contribution in [1.82, 2.24) is 4.90 Å². The molecule has 2 rings (SSSR count). The van der Waals surface area contributed by atoms with Gasteiger partial charge in [-0.3, -0.25) is 0 Å². The summed E-state index contributed by atoms with van der Waals surface area (Å²) in [7, 11) is 0. The van der Waals surface area contributed by atoms with Crippen molar-refractivity contribution < 1.29 is 0 Å². The fourth-order valence-corrected chi connectivity index (χ4v) is 2.11. The van der Waals surface area contributed by atoms with Crippen LogP contribution in [-0.4, -0.2) is 24.5 Å². The molecular weight excluding hydrogens is 250 g/mol. The average molecular weight is 270 g/mol. The first-order chi connectivity index (χ1) is 6.95. The Balaban J connectivity index is 0.00000112. The molecule has 1 aromatic rings. The number of hydrogen-bond acceptors (Lipinski definition) is 1. The van der Waals surface area contributed by atoms with Crippen LogP contribution >= 0.6 is 17.0 Å². The Kier molecular flexibility index (Phi) is 5.96. The molecule has 0 atom stereocenters. The van der Waals surface area contributed by atoms with Crippen molar-refractivity contribution in [3.05, 3.63) is 35.9 Å². The molecule has 0 aromatic heterocycles. The Morgan fingerprint density at radius 1 is 0.933 bits per heavy atom. The molecule has 1 nitrogen and oxygen atoms in total.